The van der Waals surface area contributed by atoms with Crippen molar-refractivity contribution in [3.8, 4) is 0 Å². The predicted octanol–water partition coefficient (Wildman–Crippen LogP) is 3.72. The Bertz CT molecular complexity index is 314. The molecular formula is C15H26N2. The van der Waals surface area contributed by atoms with Gasteiger partial charge in [0.05, 0.1) is 0 Å². The molecule has 1 atom stereocenters. The molecule has 0 fully saturated rings. The van der Waals surface area contributed by atoms with Crippen molar-refractivity contribution in [2.75, 3.05) is 11.9 Å². The van der Waals surface area contributed by atoms with Gasteiger partial charge in [0.1, 0.15) is 0 Å². The van der Waals surface area contributed by atoms with Crippen LogP contribution in [0.5, 0.6) is 0 Å². The van der Waals surface area contributed by atoms with Crippen molar-refractivity contribution < 1.29 is 0 Å². The highest BCUT2D eigenvalue weighted by atomic mass is 15.1. The minimum atomic E-state index is 0.169. The highest BCUT2D eigenvalue weighted by Gasteiger charge is 2.11. The first kappa shape index (κ1) is 14.0. The quantitative estimate of drug-likeness (QED) is 0.813. The van der Waals surface area contributed by atoms with Crippen molar-refractivity contribution in [3.05, 3.63) is 29.8 Å². The third-order valence-corrected chi connectivity index (χ3v) is 3.66. The van der Waals surface area contributed by atoms with E-state index in [9.17, 15) is 0 Å². The van der Waals surface area contributed by atoms with E-state index in [4.69, 9.17) is 5.73 Å². The Kier molecular flexibility index (Phi) is 5.49. The summed E-state index contributed by atoms with van der Waals surface area (Å²) in [6.45, 7) is 6.60. The summed E-state index contributed by atoms with van der Waals surface area (Å²) < 4.78 is 0. The molecule has 0 aliphatic rings. The van der Waals surface area contributed by atoms with Crippen molar-refractivity contribution >= 4 is 5.69 Å². The third-order valence-electron chi connectivity index (χ3n) is 3.66. The summed E-state index contributed by atoms with van der Waals surface area (Å²) >= 11 is 0. The summed E-state index contributed by atoms with van der Waals surface area (Å²) in [7, 11) is 2.17. The molecule has 0 aliphatic carbocycles. The van der Waals surface area contributed by atoms with E-state index in [0.29, 0.717) is 6.04 Å². The second-order valence-corrected chi connectivity index (χ2v) is 4.69. The van der Waals surface area contributed by atoms with Gasteiger partial charge in [-0.1, -0.05) is 32.9 Å². The van der Waals surface area contributed by atoms with Crippen molar-refractivity contribution in [3.63, 3.8) is 0 Å². The Morgan fingerprint density at radius 1 is 1.00 bits per heavy atom. The maximum atomic E-state index is 6.02. The Morgan fingerprint density at radius 3 is 1.94 bits per heavy atom. The van der Waals surface area contributed by atoms with E-state index < -0.39 is 0 Å². The van der Waals surface area contributed by atoms with Gasteiger partial charge in [-0.2, -0.15) is 0 Å². The first-order chi connectivity index (χ1) is 8.13. The fourth-order valence-corrected chi connectivity index (χ4v) is 2.24. The SMILES string of the molecule is CCC(CC)N(C)c1ccc([C@@H](N)CC)cc1. The van der Waals surface area contributed by atoms with Crippen LogP contribution >= 0.6 is 0 Å². The zero-order chi connectivity index (χ0) is 12.8. The van der Waals surface area contributed by atoms with Crippen LogP contribution in [0.25, 0.3) is 0 Å². The molecule has 2 nitrogen and oxygen atoms in total. The summed E-state index contributed by atoms with van der Waals surface area (Å²) in [6, 6.07) is 9.47. The summed E-state index contributed by atoms with van der Waals surface area (Å²) in [5.41, 5.74) is 8.53. The van der Waals surface area contributed by atoms with Gasteiger partial charge in [0.25, 0.3) is 0 Å². The lowest BCUT2D eigenvalue weighted by molar-refractivity contribution is 0.591. The van der Waals surface area contributed by atoms with E-state index >= 15 is 0 Å². The topological polar surface area (TPSA) is 29.3 Å². The molecular weight excluding hydrogens is 208 g/mol. The molecule has 0 saturated heterocycles. The number of rotatable bonds is 6. The van der Waals surface area contributed by atoms with Crippen LogP contribution in [0.15, 0.2) is 24.3 Å². The number of hydrogen-bond acceptors (Lipinski definition) is 2. The number of benzene rings is 1. The molecule has 0 heterocycles. The van der Waals surface area contributed by atoms with E-state index in [1.165, 1.54) is 24.1 Å². The average Bonchev–Trinajstić information content (AvgIpc) is 2.39. The van der Waals surface area contributed by atoms with Crippen LogP contribution in [-0.2, 0) is 0 Å². The molecule has 0 radical (unpaired) electrons. The van der Waals surface area contributed by atoms with E-state index in [1.807, 2.05) is 0 Å². The van der Waals surface area contributed by atoms with Crippen molar-refractivity contribution in [1.29, 1.82) is 0 Å². The number of nitrogens with zero attached hydrogens (tertiary/aromatic N) is 1. The fraction of sp³-hybridized carbons (Fsp3) is 0.600. The minimum absolute atomic E-state index is 0.169. The van der Waals surface area contributed by atoms with Gasteiger partial charge in [-0.3, -0.25) is 0 Å². The lowest BCUT2D eigenvalue weighted by atomic mass is 10.0. The molecule has 2 N–H and O–H groups in total. The van der Waals surface area contributed by atoms with Crippen LogP contribution in [0, 0.1) is 0 Å². The number of anilines is 1. The van der Waals surface area contributed by atoms with E-state index in [1.54, 1.807) is 0 Å². The molecule has 0 unspecified atom stereocenters. The zero-order valence-corrected chi connectivity index (χ0v) is 11.6. The monoisotopic (exact) mass is 234 g/mol. The van der Waals surface area contributed by atoms with Crippen molar-refractivity contribution in [2.45, 2.75) is 52.1 Å². The summed E-state index contributed by atoms with van der Waals surface area (Å²) in [6.07, 6.45) is 3.36. The standard InChI is InChI=1S/C15H26N2/c1-5-13(6-2)17(4)14-10-8-12(9-11-14)15(16)7-3/h8-11,13,15H,5-7,16H2,1-4H3/t15-/m0/s1. The zero-order valence-electron chi connectivity index (χ0n) is 11.6. The largest absolute Gasteiger partial charge is 0.372 e. The highest BCUT2D eigenvalue weighted by Crippen LogP contribution is 2.22. The maximum absolute atomic E-state index is 6.02. The lowest BCUT2D eigenvalue weighted by Gasteiger charge is -2.28. The van der Waals surface area contributed by atoms with Crippen LogP contribution in [0.2, 0.25) is 0 Å². The maximum Gasteiger partial charge on any atom is 0.0366 e. The molecule has 0 aliphatic heterocycles. The molecule has 0 bridgehead atoms. The van der Waals surface area contributed by atoms with Gasteiger partial charge in [0.15, 0.2) is 0 Å². The minimum Gasteiger partial charge on any atom is -0.372 e. The molecule has 0 saturated carbocycles. The third kappa shape index (κ3) is 3.47. The Balaban J connectivity index is 2.79. The fourth-order valence-electron chi connectivity index (χ4n) is 2.24. The van der Waals surface area contributed by atoms with Gasteiger partial charge >= 0.3 is 0 Å². The lowest BCUT2D eigenvalue weighted by Crippen LogP contribution is -2.30. The first-order valence-corrected chi connectivity index (χ1v) is 6.72. The Labute approximate surface area is 106 Å². The molecule has 1 aromatic carbocycles. The van der Waals surface area contributed by atoms with Gasteiger partial charge in [-0.15, -0.1) is 0 Å². The molecule has 1 rings (SSSR count). The second kappa shape index (κ2) is 6.65. The number of nitrogens with two attached hydrogens (primary N) is 1. The first-order valence-electron chi connectivity index (χ1n) is 6.72. The second-order valence-electron chi connectivity index (χ2n) is 4.69. The average molecular weight is 234 g/mol. The molecule has 0 aromatic heterocycles. The Morgan fingerprint density at radius 2 is 1.53 bits per heavy atom. The van der Waals surface area contributed by atoms with E-state index in [2.05, 4.69) is 57.0 Å². The van der Waals surface area contributed by atoms with Crippen LogP contribution in [0.1, 0.15) is 51.6 Å². The number of hydrogen-bond donors (Lipinski definition) is 1. The van der Waals surface area contributed by atoms with Crippen LogP contribution in [0.3, 0.4) is 0 Å². The van der Waals surface area contributed by atoms with Crippen LogP contribution in [-0.4, -0.2) is 13.1 Å². The molecule has 1 aromatic rings. The predicted molar refractivity (Wildman–Crippen MR) is 76.4 cm³/mol. The van der Waals surface area contributed by atoms with Gasteiger partial charge in [0, 0.05) is 24.8 Å². The highest BCUT2D eigenvalue weighted by molar-refractivity contribution is 5.48. The molecule has 17 heavy (non-hydrogen) atoms. The normalized spacial score (nSPS) is 12.8. The van der Waals surface area contributed by atoms with Crippen molar-refractivity contribution in [2.24, 2.45) is 5.73 Å². The van der Waals surface area contributed by atoms with Crippen LogP contribution in [0.4, 0.5) is 5.69 Å². The Hall–Kier alpha value is -1.02. The summed E-state index contributed by atoms with van der Waals surface area (Å²) in [4.78, 5) is 2.36. The van der Waals surface area contributed by atoms with Gasteiger partial charge in [0.2, 0.25) is 0 Å². The molecule has 0 amide bonds. The smallest absolute Gasteiger partial charge is 0.0366 e. The molecule has 96 valence electrons. The summed E-state index contributed by atoms with van der Waals surface area (Å²) in [5, 5.41) is 0. The van der Waals surface area contributed by atoms with E-state index in [0.717, 1.165) is 6.42 Å². The van der Waals surface area contributed by atoms with Crippen LogP contribution < -0.4 is 10.6 Å². The van der Waals surface area contributed by atoms with Crippen molar-refractivity contribution in [1.82, 2.24) is 0 Å². The van der Waals surface area contributed by atoms with Gasteiger partial charge < -0.3 is 10.6 Å². The summed E-state index contributed by atoms with van der Waals surface area (Å²) in [5.74, 6) is 0. The van der Waals surface area contributed by atoms with Gasteiger partial charge in [-0.25, -0.2) is 0 Å². The molecule has 0 spiro atoms. The van der Waals surface area contributed by atoms with Gasteiger partial charge in [-0.05, 0) is 37.0 Å². The van der Waals surface area contributed by atoms with E-state index in [-0.39, 0.29) is 6.04 Å². The molecule has 2 heteroatoms.